The molecule has 2 aliphatic rings. The van der Waals surface area contributed by atoms with Crippen LogP contribution in [-0.2, 0) is 0 Å². The van der Waals surface area contributed by atoms with Gasteiger partial charge in [-0.15, -0.1) is 0 Å². The number of halogens is 1. The fraction of sp³-hybridized carbons (Fsp3) is 0.667. The van der Waals surface area contributed by atoms with Crippen molar-refractivity contribution in [3.63, 3.8) is 0 Å². The maximum absolute atomic E-state index is 3.53. The molecule has 0 spiro atoms. The number of benzene rings is 1. The van der Waals surface area contributed by atoms with Crippen LogP contribution in [0.25, 0.3) is 0 Å². The Labute approximate surface area is 143 Å². The Morgan fingerprint density at radius 2 is 1.82 bits per heavy atom. The van der Waals surface area contributed by atoms with Crippen LogP contribution in [0.2, 0.25) is 0 Å². The van der Waals surface area contributed by atoms with E-state index in [0.29, 0.717) is 12.1 Å². The van der Waals surface area contributed by atoms with Crippen molar-refractivity contribution in [3.8, 4) is 0 Å². The van der Waals surface area contributed by atoms with Crippen LogP contribution < -0.4 is 5.32 Å². The van der Waals surface area contributed by atoms with Crippen LogP contribution in [0.5, 0.6) is 0 Å². The van der Waals surface area contributed by atoms with E-state index in [-0.39, 0.29) is 0 Å². The first-order valence-electron chi connectivity index (χ1n) is 8.61. The number of piperidine rings is 1. The Balaban J connectivity index is 1.61. The second-order valence-electron chi connectivity index (χ2n) is 6.79. The third-order valence-electron chi connectivity index (χ3n) is 5.39. The molecular weight excluding hydrogens is 338 g/mol. The lowest BCUT2D eigenvalue weighted by Gasteiger charge is -2.46. The van der Waals surface area contributed by atoms with Crippen LogP contribution in [0.3, 0.4) is 0 Å². The van der Waals surface area contributed by atoms with Gasteiger partial charge in [-0.2, -0.15) is 0 Å². The molecule has 0 bridgehead atoms. The van der Waals surface area contributed by atoms with Crippen LogP contribution in [-0.4, -0.2) is 54.6 Å². The molecule has 0 aromatic heterocycles. The summed E-state index contributed by atoms with van der Waals surface area (Å²) >= 11 is 3.53. The van der Waals surface area contributed by atoms with E-state index in [1.165, 1.54) is 51.1 Å². The number of piperazine rings is 1. The maximum Gasteiger partial charge on any atom is 0.0323 e. The third-order valence-corrected chi connectivity index (χ3v) is 5.91. The summed E-state index contributed by atoms with van der Waals surface area (Å²) in [6.45, 7) is 10.7. The van der Waals surface area contributed by atoms with Gasteiger partial charge in [0.1, 0.15) is 0 Å². The Hall–Kier alpha value is -0.420. The molecule has 2 fully saturated rings. The minimum Gasteiger partial charge on any atom is -0.317 e. The van der Waals surface area contributed by atoms with Crippen molar-refractivity contribution in [1.29, 1.82) is 0 Å². The molecule has 2 atom stereocenters. The second kappa shape index (κ2) is 7.43. The normalized spacial score (nSPS) is 27.0. The molecule has 2 heterocycles. The summed E-state index contributed by atoms with van der Waals surface area (Å²) in [5.41, 5.74) is 1.42. The van der Waals surface area contributed by atoms with Crippen LogP contribution >= 0.6 is 15.9 Å². The van der Waals surface area contributed by atoms with E-state index in [1.807, 2.05) is 0 Å². The summed E-state index contributed by atoms with van der Waals surface area (Å²) in [5, 5.41) is 3.48. The monoisotopic (exact) mass is 365 g/mol. The predicted molar refractivity (Wildman–Crippen MR) is 96.2 cm³/mol. The largest absolute Gasteiger partial charge is 0.317 e. The van der Waals surface area contributed by atoms with E-state index in [9.17, 15) is 0 Å². The highest BCUT2D eigenvalue weighted by Gasteiger charge is 2.31. The van der Waals surface area contributed by atoms with Crippen molar-refractivity contribution in [2.45, 2.75) is 44.8 Å². The zero-order valence-electron chi connectivity index (χ0n) is 13.8. The minimum absolute atomic E-state index is 0.498. The average Bonchev–Trinajstić information content (AvgIpc) is 2.56. The van der Waals surface area contributed by atoms with Gasteiger partial charge in [0.2, 0.25) is 0 Å². The van der Waals surface area contributed by atoms with E-state index in [2.05, 4.69) is 69.2 Å². The predicted octanol–water partition coefficient (Wildman–Crippen LogP) is 3.27. The molecule has 4 heteroatoms. The quantitative estimate of drug-likeness (QED) is 0.886. The smallest absolute Gasteiger partial charge is 0.0323 e. The number of nitrogens with zero attached hydrogens (tertiary/aromatic N) is 2. The van der Waals surface area contributed by atoms with E-state index in [0.717, 1.165) is 10.5 Å². The molecule has 0 saturated carbocycles. The Kier molecular flexibility index (Phi) is 5.55. The second-order valence-corrected chi connectivity index (χ2v) is 7.71. The Bertz CT molecular complexity index is 470. The molecule has 2 saturated heterocycles. The zero-order valence-corrected chi connectivity index (χ0v) is 15.3. The van der Waals surface area contributed by atoms with Crippen molar-refractivity contribution >= 4 is 15.9 Å². The lowest BCUT2D eigenvalue weighted by Crippen LogP contribution is -2.56. The molecule has 0 radical (unpaired) electrons. The minimum atomic E-state index is 0.498. The van der Waals surface area contributed by atoms with E-state index in [1.54, 1.807) is 0 Å². The molecule has 1 aromatic rings. The van der Waals surface area contributed by atoms with Gasteiger partial charge in [-0.25, -0.2) is 0 Å². The molecule has 1 aromatic carbocycles. The average molecular weight is 366 g/mol. The van der Waals surface area contributed by atoms with Gasteiger partial charge in [0, 0.05) is 42.2 Å². The molecule has 0 amide bonds. The van der Waals surface area contributed by atoms with Crippen LogP contribution in [0.15, 0.2) is 28.7 Å². The summed E-state index contributed by atoms with van der Waals surface area (Å²) < 4.78 is 1.16. The standard InChI is InChI=1S/C18H28BrN3/c1-14-13-21(18-7-9-20-10-8-18)11-12-22(14)15(2)16-3-5-17(19)6-4-16/h3-6,14-15,18,20H,7-13H2,1-2H3/t14-,15+/m1/s1. The molecule has 0 aliphatic carbocycles. The van der Waals surface area contributed by atoms with Gasteiger partial charge in [0.25, 0.3) is 0 Å². The Morgan fingerprint density at radius 1 is 1.14 bits per heavy atom. The summed E-state index contributed by atoms with van der Waals surface area (Å²) in [4.78, 5) is 5.40. The number of hydrogen-bond donors (Lipinski definition) is 1. The van der Waals surface area contributed by atoms with Gasteiger partial charge < -0.3 is 5.32 Å². The summed E-state index contributed by atoms with van der Waals surface area (Å²) in [6.07, 6.45) is 2.63. The first-order valence-corrected chi connectivity index (χ1v) is 9.40. The van der Waals surface area contributed by atoms with Crippen molar-refractivity contribution in [3.05, 3.63) is 34.3 Å². The van der Waals surface area contributed by atoms with Gasteiger partial charge in [0.05, 0.1) is 0 Å². The van der Waals surface area contributed by atoms with Crippen LogP contribution in [0.1, 0.15) is 38.3 Å². The van der Waals surface area contributed by atoms with Gasteiger partial charge in [-0.05, 0) is 57.5 Å². The van der Waals surface area contributed by atoms with Crippen molar-refractivity contribution < 1.29 is 0 Å². The van der Waals surface area contributed by atoms with Gasteiger partial charge in [-0.3, -0.25) is 9.80 Å². The van der Waals surface area contributed by atoms with E-state index < -0.39 is 0 Å². The van der Waals surface area contributed by atoms with Crippen LogP contribution in [0.4, 0.5) is 0 Å². The van der Waals surface area contributed by atoms with Crippen molar-refractivity contribution in [2.75, 3.05) is 32.7 Å². The Morgan fingerprint density at radius 3 is 2.45 bits per heavy atom. The van der Waals surface area contributed by atoms with Gasteiger partial charge in [-0.1, -0.05) is 28.1 Å². The maximum atomic E-state index is 3.53. The third kappa shape index (κ3) is 3.73. The number of nitrogens with one attached hydrogen (secondary N) is 1. The molecule has 3 nitrogen and oxygen atoms in total. The number of rotatable bonds is 3. The summed E-state index contributed by atoms with van der Waals surface area (Å²) in [7, 11) is 0. The molecule has 122 valence electrons. The van der Waals surface area contributed by atoms with Gasteiger partial charge >= 0.3 is 0 Å². The molecule has 1 N–H and O–H groups in total. The number of hydrogen-bond acceptors (Lipinski definition) is 3. The lowest BCUT2D eigenvalue weighted by atomic mass is 10.00. The first-order chi connectivity index (χ1) is 10.6. The fourth-order valence-electron chi connectivity index (χ4n) is 4.01. The molecule has 22 heavy (non-hydrogen) atoms. The molecular formula is C18H28BrN3. The SMILES string of the molecule is C[C@@H]1CN(C2CCNCC2)CCN1[C@@H](C)c1ccc(Br)cc1. The molecule has 3 rings (SSSR count). The molecule has 0 unspecified atom stereocenters. The highest BCUT2D eigenvalue weighted by Crippen LogP contribution is 2.27. The molecule has 2 aliphatic heterocycles. The zero-order chi connectivity index (χ0) is 15.5. The fourth-order valence-corrected chi connectivity index (χ4v) is 4.28. The lowest BCUT2D eigenvalue weighted by molar-refractivity contribution is 0.0243. The van der Waals surface area contributed by atoms with Crippen molar-refractivity contribution in [1.82, 2.24) is 15.1 Å². The summed E-state index contributed by atoms with van der Waals surface area (Å²) in [5.74, 6) is 0. The highest BCUT2D eigenvalue weighted by atomic mass is 79.9. The summed E-state index contributed by atoms with van der Waals surface area (Å²) in [6, 6.07) is 10.7. The topological polar surface area (TPSA) is 18.5 Å². The van der Waals surface area contributed by atoms with E-state index in [4.69, 9.17) is 0 Å². The highest BCUT2D eigenvalue weighted by molar-refractivity contribution is 9.10. The van der Waals surface area contributed by atoms with E-state index >= 15 is 0 Å². The van der Waals surface area contributed by atoms with Gasteiger partial charge in [0.15, 0.2) is 0 Å². The first kappa shape index (κ1) is 16.4. The van der Waals surface area contributed by atoms with Crippen LogP contribution in [0, 0.1) is 0 Å². The van der Waals surface area contributed by atoms with Crippen molar-refractivity contribution in [2.24, 2.45) is 0 Å².